The lowest BCUT2D eigenvalue weighted by molar-refractivity contribution is -0.111. The molecule has 0 bridgehead atoms. The molecule has 3 amide bonds. The minimum atomic E-state index is -0.409. The molecule has 2 aromatic carbocycles. The molecule has 1 aliphatic heterocycles. The molecule has 1 radical (unpaired) electrons. The normalized spacial score (nSPS) is 12.8. The van der Waals surface area contributed by atoms with Gasteiger partial charge in [-0.15, -0.1) is 0 Å². The van der Waals surface area contributed by atoms with Gasteiger partial charge in [0.1, 0.15) is 16.6 Å². The van der Waals surface area contributed by atoms with Crippen LogP contribution in [0.1, 0.15) is 5.56 Å². The summed E-state index contributed by atoms with van der Waals surface area (Å²) in [6.07, 6.45) is 6.20. The van der Waals surface area contributed by atoms with Crippen molar-refractivity contribution in [2.75, 3.05) is 41.1 Å². The molecular formula is C29H29BCl2N7O3. The number of nitrogens with one attached hydrogen (secondary N) is 3. The van der Waals surface area contributed by atoms with Gasteiger partial charge < -0.3 is 20.7 Å². The maximum atomic E-state index is 14.2. The molecule has 0 aliphatic carbocycles. The van der Waals surface area contributed by atoms with Crippen LogP contribution in [0.3, 0.4) is 0 Å². The molecule has 0 atom stereocenters. The average Bonchev–Trinajstić information content (AvgIpc) is 2.99. The monoisotopic (exact) mass is 604 g/mol. The van der Waals surface area contributed by atoms with Crippen molar-refractivity contribution in [1.82, 2.24) is 15.3 Å². The van der Waals surface area contributed by atoms with Gasteiger partial charge in [0.05, 0.1) is 42.3 Å². The number of hydrogen-bond acceptors (Lipinski definition) is 7. The number of fused-ring (bicyclic) bond motifs is 1. The molecule has 42 heavy (non-hydrogen) atoms. The van der Waals surface area contributed by atoms with Crippen molar-refractivity contribution >= 4 is 76.7 Å². The Bertz CT molecular complexity index is 1550. The third kappa shape index (κ3) is 6.22. The molecule has 0 fully saturated rings. The first-order chi connectivity index (χ1) is 20.3. The molecule has 0 saturated heterocycles. The first-order valence-electron chi connectivity index (χ1n) is 12.8. The number of aromatic nitrogens is 2. The molecule has 13 heteroatoms. The Morgan fingerprint density at radius 2 is 1.93 bits per heavy atom. The molecule has 1 aliphatic rings. The second-order valence-electron chi connectivity index (χ2n) is 9.01. The Balaban J connectivity index is 1.81. The summed E-state index contributed by atoms with van der Waals surface area (Å²) in [5, 5.41) is 9.38. The largest absolute Gasteiger partial charge is 0.495 e. The number of methoxy groups -OCH3 is 1. The smallest absolute Gasteiger partial charge is 0.330 e. The summed E-state index contributed by atoms with van der Waals surface area (Å²) in [6.45, 7) is 9.45. The van der Waals surface area contributed by atoms with Crippen LogP contribution in [0, 0.1) is 0 Å². The van der Waals surface area contributed by atoms with E-state index in [-0.39, 0.29) is 30.0 Å². The van der Waals surface area contributed by atoms with Gasteiger partial charge in [-0.2, -0.15) is 4.98 Å². The fraction of sp³-hybridized carbons (Fsp3) is 0.172. The fourth-order valence-electron chi connectivity index (χ4n) is 4.35. The standard InChI is InChI=1S/C29H29BCl2N7O3/c1-6-17(13-33-4)15-39-27-18(14-34-28(37-27)36-21-11-9-8-10-20(21)35-23(40)7-2)16-38(29(39)41)26-24(31)19(30-3)12-22(42-5)25(26)32/h6-14,33H,1-2,15-16H2,3-5H3,(H,35,40)(H,34,36,37)/b17-13+. The van der Waals surface area contributed by atoms with Crippen LogP contribution < -0.4 is 35.9 Å². The molecule has 3 aromatic rings. The summed E-state index contributed by atoms with van der Waals surface area (Å²) in [5.41, 5.74) is 3.44. The number of carbonyl (C=O) groups is 2. The van der Waals surface area contributed by atoms with Crippen LogP contribution in [0.5, 0.6) is 5.75 Å². The molecule has 215 valence electrons. The molecular weight excluding hydrogens is 576 g/mol. The van der Waals surface area contributed by atoms with E-state index >= 15 is 0 Å². The van der Waals surface area contributed by atoms with Crippen molar-refractivity contribution < 1.29 is 14.3 Å². The van der Waals surface area contributed by atoms with E-state index in [0.717, 1.165) is 5.57 Å². The predicted molar refractivity (Wildman–Crippen MR) is 171 cm³/mol. The van der Waals surface area contributed by atoms with Gasteiger partial charge in [0.25, 0.3) is 0 Å². The third-order valence-electron chi connectivity index (χ3n) is 6.41. The molecule has 1 aromatic heterocycles. The topological polar surface area (TPSA) is 112 Å². The highest BCUT2D eigenvalue weighted by molar-refractivity contribution is 6.59. The molecule has 10 nitrogen and oxygen atoms in total. The van der Waals surface area contributed by atoms with Gasteiger partial charge in [-0.05, 0) is 29.8 Å². The summed E-state index contributed by atoms with van der Waals surface area (Å²) in [5.74, 6) is 0.634. The van der Waals surface area contributed by atoms with Crippen LogP contribution in [-0.2, 0) is 11.3 Å². The summed E-state index contributed by atoms with van der Waals surface area (Å²) in [6, 6.07) is 8.41. The highest BCUT2D eigenvalue weighted by atomic mass is 35.5. The van der Waals surface area contributed by atoms with Crippen LogP contribution in [0.15, 0.2) is 73.6 Å². The zero-order valence-electron chi connectivity index (χ0n) is 23.4. The van der Waals surface area contributed by atoms with Crippen LogP contribution >= 0.6 is 23.2 Å². The second-order valence-corrected chi connectivity index (χ2v) is 9.76. The second kappa shape index (κ2) is 13.5. The van der Waals surface area contributed by atoms with E-state index in [1.807, 2.05) is 14.1 Å². The Morgan fingerprint density at radius 3 is 2.57 bits per heavy atom. The summed E-state index contributed by atoms with van der Waals surface area (Å²) in [7, 11) is 5.07. The van der Waals surface area contributed by atoms with Crippen molar-refractivity contribution in [3.05, 3.63) is 89.2 Å². The van der Waals surface area contributed by atoms with E-state index in [1.165, 1.54) is 23.0 Å². The van der Waals surface area contributed by atoms with Gasteiger partial charge in [0, 0.05) is 25.0 Å². The molecule has 3 N–H and O–H groups in total. The van der Waals surface area contributed by atoms with Gasteiger partial charge in [0.15, 0.2) is 7.28 Å². The summed E-state index contributed by atoms with van der Waals surface area (Å²) < 4.78 is 5.48. The quantitative estimate of drug-likeness (QED) is 0.155. The number of urea groups is 1. The third-order valence-corrected chi connectivity index (χ3v) is 7.17. The van der Waals surface area contributed by atoms with Crippen molar-refractivity contribution in [2.45, 2.75) is 13.4 Å². The first kappa shape index (κ1) is 30.5. The zero-order chi connectivity index (χ0) is 30.4. The SMILES string of the molecule is C=CC(=O)Nc1ccccc1Nc1ncc2c(n1)N(C/C(C=C)=C/NC)C(=O)N(c1c(Cl)c([B]C)cc(OC)c1Cl)C2. The fourth-order valence-corrected chi connectivity index (χ4v) is 5.09. The van der Waals surface area contributed by atoms with E-state index in [9.17, 15) is 9.59 Å². The highest BCUT2D eigenvalue weighted by Gasteiger charge is 2.36. The average molecular weight is 605 g/mol. The Kier molecular flexibility index (Phi) is 9.77. The van der Waals surface area contributed by atoms with Gasteiger partial charge in [-0.3, -0.25) is 14.6 Å². The molecule has 0 saturated carbocycles. The van der Waals surface area contributed by atoms with Gasteiger partial charge in [0.2, 0.25) is 11.9 Å². The number of hydrogen-bond donors (Lipinski definition) is 3. The number of para-hydroxylation sites is 2. The molecule has 4 rings (SSSR count). The van der Waals surface area contributed by atoms with E-state index in [2.05, 4.69) is 34.1 Å². The zero-order valence-corrected chi connectivity index (χ0v) is 24.9. The van der Waals surface area contributed by atoms with Gasteiger partial charge >= 0.3 is 6.03 Å². The van der Waals surface area contributed by atoms with Crippen molar-refractivity contribution in [2.24, 2.45) is 0 Å². The number of rotatable bonds is 11. The van der Waals surface area contributed by atoms with Crippen LogP contribution in [0.4, 0.5) is 33.6 Å². The van der Waals surface area contributed by atoms with E-state index in [1.54, 1.807) is 55.9 Å². The number of benzene rings is 2. The lowest BCUT2D eigenvalue weighted by Gasteiger charge is -2.37. The maximum absolute atomic E-state index is 14.2. The predicted octanol–water partition coefficient (Wildman–Crippen LogP) is 5.27. The van der Waals surface area contributed by atoms with Crippen molar-refractivity contribution in [3.8, 4) is 5.75 Å². The van der Waals surface area contributed by atoms with Crippen molar-refractivity contribution in [3.63, 3.8) is 0 Å². The lowest BCUT2D eigenvalue weighted by Crippen LogP contribution is -2.49. The van der Waals surface area contributed by atoms with Gasteiger partial charge in [-0.1, -0.05) is 66.9 Å². The molecule has 2 heterocycles. The van der Waals surface area contributed by atoms with Crippen LogP contribution in [-0.4, -0.2) is 49.9 Å². The van der Waals surface area contributed by atoms with Gasteiger partial charge in [-0.25, -0.2) is 9.78 Å². The minimum Gasteiger partial charge on any atom is -0.495 e. The number of ether oxygens (including phenoxy) is 1. The number of carbonyl (C=O) groups excluding carboxylic acids is 2. The summed E-state index contributed by atoms with van der Waals surface area (Å²) >= 11 is 13.5. The van der Waals surface area contributed by atoms with E-state index in [4.69, 9.17) is 32.9 Å². The highest BCUT2D eigenvalue weighted by Crippen LogP contribution is 2.42. The lowest BCUT2D eigenvalue weighted by atomic mass is 9.73. The number of nitrogens with zero attached hydrogens (tertiary/aromatic N) is 4. The van der Waals surface area contributed by atoms with E-state index < -0.39 is 6.03 Å². The van der Waals surface area contributed by atoms with E-state index in [0.29, 0.717) is 44.7 Å². The first-order valence-corrected chi connectivity index (χ1v) is 13.6. The van der Waals surface area contributed by atoms with Crippen molar-refractivity contribution in [1.29, 1.82) is 0 Å². The minimum absolute atomic E-state index is 0.103. The Morgan fingerprint density at radius 1 is 1.19 bits per heavy atom. The summed E-state index contributed by atoms with van der Waals surface area (Å²) in [4.78, 5) is 38.3. The maximum Gasteiger partial charge on any atom is 0.330 e. The number of amides is 3. The van der Waals surface area contributed by atoms with Crippen LogP contribution in [0.2, 0.25) is 16.9 Å². The number of halogens is 2. The Labute approximate surface area is 255 Å². The molecule has 0 spiro atoms. The number of anilines is 5. The molecule has 0 unspecified atom stereocenters. The van der Waals surface area contributed by atoms with Crippen LogP contribution in [0.25, 0.3) is 0 Å². The Hall–Kier alpha value is -4.48.